The average Bonchev–Trinajstić information content (AvgIpc) is 2.45. The number of nitro groups is 1. The molecule has 1 aromatic carbocycles. The molecule has 0 fully saturated rings. The highest BCUT2D eigenvalue weighted by Gasteiger charge is 2.17. The number of thioether (sulfide) groups is 1. The number of hydrogen-bond donors (Lipinski definition) is 2. The Hall–Kier alpha value is -2.07. The van der Waals surface area contributed by atoms with E-state index in [1.807, 2.05) is 6.26 Å². The van der Waals surface area contributed by atoms with Crippen LogP contribution in [0.5, 0.6) is 5.75 Å². The van der Waals surface area contributed by atoms with E-state index in [9.17, 15) is 14.9 Å². The lowest BCUT2D eigenvalue weighted by molar-refractivity contribution is -0.384. The summed E-state index contributed by atoms with van der Waals surface area (Å²) in [6.07, 6.45) is 1.08. The summed E-state index contributed by atoms with van der Waals surface area (Å²) in [6, 6.07) is 4.28. The van der Waals surface area contributed by atoms with Crippen LogP contribution in [0.1, 0.15) is 0 Å². The average molecular weight is 331 g/mol. The number of methoxy groups -OCH3 is 1. The van der Waals surface area contributed by atoms with E-state index in [0.29, 0.717) is 11.7 Å². The van der Waals surface area contributed by atoms with Crippen LogP contribution in [0.4, 0.5) is 16.2 Å². The van der Waals surface area contributed by atoms with Crippen molar-refractivity contribution in [2.75, 3.05) is 24.6 Å². The molecule has 0 radical (unpaired) electrons. The van der Waals surface area contributed by atoms with Gasteiger partial charge >= 0.3 is 6.09 Å². The van der Waals surface area contributed by atoms with Crippen molar-refractivity contribution in [1.82, 2.24) is 5.32 Å². The Morgan fingerprint density at radius 3 is 2.81 bits per heavy atom. The molecule has 2 N–H and O–H groups in total. The maximum atomic E-state index is 11.1. The van der Waals surface area contributed by atoms with Gasteiger partial charge in [0.2, 0.25) is 0 Å². The van der Waals surface area contributed by atoms with Gasteiger partial charge < -0.3 is 14.8 Å². The van der Waals surface area contributed by atoms with Crippen LogP contribution in [0, 0.1) is 10.1 Å². The van der Waals surface area contributed by atoms with Gasteiger partial charge in [-0.2, -0.15) is 0 Å². The molecule has 0 bridgehead atoms. The van der Waals surface area contributed by atoms with Gasteiger partial charge in [0.1, 0.15) is 17.4 Å². The second-order valence-corrected chi connectivity index (χ2v) is 4.78. The molecule has 0 saturated heterocycles. The van der Waals surface area contributed by atoms with E-state index in [1.54, 1.807) is 6.07 Å². The van der Waals surface area contributed by atoms with E-state index < -0.39 is 11.0 Å². The van der Waals surface area contributed by atoms with Gasteiger partial charge in [-0.1, -0.05) is 0 Å². The van der Waals surface area contributed by atoms with Crippen molar-refractivity contribution < 1.29 is 19.2 Å². The van der Waals surface area contributed by atoms with Gasteiger partial charge in [0.05, 0.1) is 18.1 Å². The minimum Gasteiger partial charge on any atom is -0.483 e. The van der Waals surface area contributed by atoms with Gasteiger partial charge in [-0.25, -0.2) is 4.79 Å². The third-order valence-corrected chi connectivity index (χ3v) is 2.72. The molecule has 0 aliphatic heterocycles. The van der Waals surface area contributed by atoms with Crippen molar-refractivity contribution in [2.24, 2.45) is 0 Å². The zero-order valence-corrected chi connectivity index (χ0v) is 12.9. The van der Waals surface area contributed by atoms with Gasteiger partial charge in [-0.05, 0) is 30.6 Å². The van der Waals surface area contributed by atoms with Crippen LogP contribution in [0.2, 0.25) is 0 Å². The minimum atomic E-state index is -0.768. The first kappa shape index (κ1) is 17.0. The van der Waals surface area contributed by atoms with Gasteiger partial charge in [0, 0.05) is 0 Å². The Labute approximate surface area is 130 Å². The molecule has 0 aromatic heterocycles. The Morgan fingerprint density at radius 1 is 1.52 bits per heavy atom. The molecule has 114 valence electrons. The maximum absolute atomic E-state index is 11.1. The third kappa shape index (κ3) is 5.44. The molecule has 0 spiro atoms. The predicted molar refractivity (Wildman–Crippen MR) is 83.9 cm³/mol. The van der Waals surface area contributed by atoms with Gasteiger partial charge in [0.15, 0.2) is 5.11 Å². The van der Waals surface area contributed by atoms with E-state index in [4.69, 9.17) is 17.0 Å². The first-order chi connectivity index (χ1) is 9.97. The lowest BCUT2D eigenvalue weighted by atomic mass is 10.2. The number of hydrogen-bond acceptors (Lipinski definition) is 7. The zero-order valence-electron chi connectivity index (χ0n) is 11.2. The maximum Gasteiger partial charge on any atom is 0.413 e. The molecular formula is C11H13N3O5S2. The van der Waals surface area contributed by atoms with E-state index in [-0.39, 0.29) is 16.5 Å². The molecule has 0 atom stereocenters. The first-order valence-electron chi connectivity index (χ1n) is 5.54. The molecule has 8 nitrogen and oxygen atoms in total. The van der Waals surface area contributed by atoms with Gasteiger partial charge in [-0.15, -0.1) is 11.8 Å². The van der Waals surface area contributed by atoms with Crippen molar-refractivity contribution in [3.63, 3.8) is 0 Å². The lowest BCUT2D eigenvalue weighted by Gasteiger charge is -2.10. The molecule has 1 rings (SSSR count). The van der Waals surface area contributed by atoms with Crippen molar-refractivity contribution in [2.45, 2.75) is 0 Å². The number of nitrogens with one attached hydrogen (secondary N) is 2. The minimum absolute atomic E-state index is 0.109. The highest BCUT2D eigenvalue weighted by Crippen LogP contribution is 2.29. The molecule has 10 heteroatoms. The first-order valence-corrected chi connectivity index (χ1v) is 7.34. The number of nitro benzene ring substituents is 1. The topological polar surface area (TPSA) is 103 Å². The van der Waals surface area contributed by atoms with Crippen molar-refractivity contribution in [3.8, 4) is 5.75 Å². The van der Waals surface area contributed by atoms with Gasteiger partial charge in [0.25, 0.3) is 5.69 Å². The van der Waals surface area contributed by atoms with E-state index in [1.165, 1.54) is 31.0 Å². The van der Waals surface area contributed by atoms with Crippen LogP contribution in [0.25, 0.3) is 0 Å². The number of alkyl carbamates (subject to hydrolysis) is 1. The molecule has 21 heavy (non-hydrogen) atoms. The molecule has 1 aromatic rings. The second kappa shape index (κ2) is 8.27. The quantitative estimate of drug-likeness (QED) is 0.367. The highest BCUT2D eigenvalue weighted by atomic mass is 32.2. The number of anilines is 1. The summed E-state index contributed by atoms with van der Waals surface area (Å²) in [5.41, 5.74) is -0.0828. The number of nitrogens with zero attached hydrogens (tertiary/aromatic N) is 1. The number of carbonyl (C=O) groups is 1. The molecule has 0 aliphatic rings. The highest BCUT2D eigenvalue weighted by molar-refractivity contribution is 7.98. The van der Waals surface area contributed by atoms with Crippen LogP contribution in [0.3, 0.4) is 0 Å². The van der Waals surface area contributed by atoms with Gasteiger partial charge in [-0.3, -0.25) is 15.4 Å². The van der Waals surface area contributed by atoms with Crippen LogP contribution in [0.15, 0.2) is 18.2 Å². The molecule has 0 saturated carbocycles. The monoisotopic (exact) mass is 331 g/mol. The zero-order chi connectivity index (χ0) is 15.8. The number of amides is 1. The van der Waals surface area contributed by atoms with Crippen molar-refractivity contribution >= 4 is 46.6 Å². The fraction of sp³-hybridized carbons (Fsp3) is 0.273. The summed E-state index contributed by atoms with van der Waals surface area (Å²) in [5, 5.41) is 15.7. The van der Waals surface area contributed by atoms with Crippen molar-refractivity contribution in [1.29, 1.82) is 0 Å². The summed E-state index contributed by atoms with van der Waals surface area (Å²) in [6.45, 7) is 0. The SMILES string of the molecule is COC(=O)NC(=S)Nc1ccc(OCSC)cc1[N+](=O)[O-]. The molecule has 0 aliphatic carbocycles. The second-order valence-electron chi connectivity index (χ2n) is 3.56. The standard InChI is InChI=1S/C11H13N3O5S2/c1-18-11(15)13-10(20)12-8-4-3-7(19-6-21-2)5-9(8)14(16)17/h3-5H,6H2,1-2H3,(H2,12,13,15,20). The molecule has 0 unspecified atom stereocenters. The smallest absolute Gasteiger partial charge is 0.413 e. The lowest BCUT2D eigenvalue weighted by Crippen LogP contribution is -2.34. The number of benzene rings is 1. The summed E-state index contributed by atoms with van der Waals surface area (Å²) in [5.74, 6) is 0.750. The Balaban J connectivity index is 2.88. The Kier molecular flexibility index (Phi) is 6.69. The number of rotatable bonds is 5. The molecule has 0 heterocycles. The van der Waals surface area contributed by atoms with Crippen LogP contribution < -0.4 is 15.4 Å². The van der Waals surface area contributed by atoms with E-state index in [2.05, 4.69) is 15.4 Å². The summed E-state index contributed by atoms with van der Waals surface area (Å²) in [4.78, 5) is 21.5. The number of carbonyl (C=O) groups excluding carboxylic acids is 1. The number of ether oxygens (including phenoxy) is 2. The summed E-state index contributed by atoms with van der Waals surface area (Å²) in [7, 11) is 1.18. The Bertz CT molecular complexity index is 553. The number of thiocarbonyl (C=S) groups is 1. The Morgan fingerprint density at radius 2 is 2.24 bits per heavy atom. The van der Waals surface area contributed by atoms with Crippen molar-refractivity contribution in [3.05, 3.63) is 28.3 Å². The molecule has 1 amide bonds. The largest absolute Gasteiger partial charge is 0.483 e. The van der Waals surface area contributed by atoms with E-state index in [0.717, 1.165) is 0 Å². The third-order valence-electron chi connectivity index (χ3n) is 2.16. The summed E-state index contributed by atoms with van der Waals surface area (Å²) >= 11 is 6.29. The predicted octanol–water partition coefficient (Wildman–Crippen LogP) is 2.35. The fourth-order valence-electron chi connectivity index (χ4n) is 1.28. The van der Waals surface area contributed by atoms with Crippen LogP contribution in [-0.2, 0) is 4.74 Å². The van der Waals surface area contributed by atoms with Crippen LogP contribution in [-0.4, -0.2) is 35.4 Å². The summed E-state index contributed by atoms with van der Waals surface area (Å²) < 4.78 is 9.66. The molecular weight excluding hydrogens is 318 g/mol. The van der Waals surface area contributed by atoms with E-state index >= 15 is 0 Å². The fourth-order valence-corrected chi connectivity index (χ4v) is 1.73. The normalized spacial score (nSPS) is 9.62. The van der Waals surface area contributed by atoms with Crippen LogP contribution >= 0.6 is 24.0 Å².